The lowest BCUT2D eigenvalue weighted by Gasteiger charge is -2.11. The van der Waals surface area contributed by atoms with Crippen LogP contribution in [0.3, 0.4) is 0 Å². The number of anilines is 1. The van der Waals surface area contributed by atoms with Gasteiger partial charge in [0.2, 0.25) is 5.91 Å². The summed E-state index contributed by atoms with van der Waals surface area (Å²) in [6, 6.07) is 7.65. The molecular formula is C13H17N5O. The lowest BCUT2D eigenvalue weighted by molar-refractivity contribution is -0.119. The first-order chi connectivity index (χ1) is 9.19. The van der Waals surface area contributed by atoms with E-state index in [1.54, 1.807) is 17.9 Å². The minimum absolute atomic E-state index is 0.0691. The number of hydrogen-bond acceptors (Lipinski definition) is 4. The van der Waals surface area contributed by atoms with Gasteiger partial charge in [0.15, 0.2) is 0 Å². The Morgan fingerprint density at radius 2 is 2.37 bits per heavy atom. The summed E-state index contributed by atoms with van der Waals surface area (Å²) in [4.78, 5) is 15.6. The highest BCUT2D eigenvalue weighted by Crippen LogP contribution is 2.12. The molecule has 0 fully saturated rings. The van der Waals surface area contributed by atoms with Crippen molar-refractivity contribution in [3.05, 3.63) is 42.5 Å². The van der Waals surface area contributed by atoms with E-state index in [2.05, 4.69) is 15.4 Å². The maximum atomic E-state index is 11.8. The predicted octanol–water partition coefficient (Wildman–Crippen LogP) is 0.860. The van der Waals surface area contributed by atoms with Crippen molar-refractivity contribution in [2.45, 2.75) is 13.5 Å². The molecule has 1 heterocycles. The molecule has 1 aromatic carbocycles. The van der Waals surface area contributed by atoms with Gasteiger partial charge in [-0.2, -0.15) is 5.10 Å². The monoisotopic (exact) mass is 259 g/mol. The van der Waals surface area contributed by atoms with Crippen LogP contribution in [0.25, 0.3) is 0 Å². The highest BCUT2D eigenvalue weighted by atomic mass is 16.1. The van der Waals surface area contributed by atoms with Gasteiger partial charge in [-0.1, -0.05) is 19.1 Å². The summed E-state index contributed by atoms with van der Waals surface area (Å²) in [5.41, 5.74) is 7.28. The largest absolute Gasteiger partial charge is 0.330 e. The van der Waals surface area contributed by atoms with Crippen molar-refractivity contribution in [1.29, 1.82) is 0 Å². The molecule has 0 aliphatic carbocycles. The summed E-state index contributed by atoms with van der Waals surface area (Å²) in [6.07, 6.45) is 3.15. The van der Waals surface area contributed by atoms with Gasteiger partial charge in [-0.05, 0) is 17.7 Å². The maximum absolute atomic E-state index is 11.8. The van der Waals surface area contributed by atoms with Crippen LogP contribution in [0, 0.1) is 5.92 Å². The van der Waals surface area contributed by atoms with Crippen molar-refractivity contribution < 1.29 is 4.79 Å². The number of hydrogen-bond donors (Lipinski definition) is 2. The molecule has 1 unspecified atom stereocenters. The van der Waals surface area contributed by atoms with Crippen molar-refractivity contribution in [3.8, 4) is 0 Å². The summed E-state index contributed by atoms with van der Waals surface area (Å²) in [5.74, 6) is -0.264. The lowest BCUT2D eigenvalue weighted by Crippen LogP contribution is -2.26. The van der Waals surface area contributed by atoms with Crippen LogP contribution in [0.4, 0.5) is 5.69 Å². The Bertz CT molecular complexity index is 538. The van der Waals surface area contributed by atoms with Crippen LogP contribution in [0.2, 0.25) is 0 Å². The Labute approximate surface area is 111 Å². The number of carbonyl (C=O) groups excluding carboxylic acids is 1. The molecule has 0 saturated heterocycles. The second-order valence-corrected chi connectivity index (χ2v) is 4.42. The Morgan fingerprint density at radius 3 is 3.05 bits per heavy atom. The van der Waals surface area contributed by atoms with Crippen LogP contribution in [-0.2, 0) is 11.3 Å². The zero-order valence-electron chi connectivity index (χ0n) is 10.8. The molecule has 2 rings (SSSR count). The topological polar surface area (TPSA) is 85.8 Å². The van der Waals surface area contributed by atoms with Gasteiger partial charge < -0.3 is 11.1 Å². The Morgan fingerprint density at radius 1 is 1.53 bits per heavy atom. The molecule has 2 aromatic rings. The summed E-state index contributed by atoms with van der Waals surface area (Å²) < 4.78 is 1.73. The first-order valence-corrected chi connectivity index (χ1v) is 6.11. The van der Waals surface area contributed by atoms with E-state index < -0.39 is 0 Å². The zero-order valence-corrected chi connectivity index (χ0v) is 10.8. The molecular weight excluding hydrogens is 242 g/mol. The molecule has 6 heteroatoms. The minimum Gasteiger partial charge on any atom is -0.330 e. The van der Waals surface area contributed by atoms with Gasteiger partial charge in [0.05, 0.1) is 6.54 Å². The fourth-order valence-electron chi connectivity index (χ4n) is 1.62. The third-order valence-electron chi connectivity index (χ3n) is 2.81. The highest BCUT2D eigenvalue weighted by Gasteiger charge is 2.10. The molecule has 6 nitrogen and oxygen atoms in total. The summed E-state index contributed by atoms with van der Waals surface area (Å²) in [7, 11) is 0. The third kappa shape index (κ3) is 3.62. The SMILES string of the molecule is CC(CN)C(=O)Nc1cccc(Cn2cncn2)c1. The fraction of sp³-hybridized carbons (Fsp3) is 0.308. The molecule has 1 atom stereocenters. The van der Waals surface area contributed by atoms with Gasteiger partial charge in [0, 0.05) is 18.2 Å². The quantitative estimate of drug-likeness (QED) is 0.834. The molecule has 0 bridgehead atoms. The smallest absolute Gasteiger partial charge is 0.228 e. The van der Waals surface area contributed by atoms with Crippen molar-refractivity contribution in [3.63, 3.8) is 0 Å². The van der Waals surface area contributed by atoms with Gasteiger partial charge in [-0.3, -0.25) is 4.79 Å². The Balaban J connectivity index is 2.05. The normalized spacial score (nSPS) is 12.1. The van der Waals surface area contributed by atoms with Crippen LogP contribution in [0.1, 0.15) is 12.5 Å². The van der Waals surface area contributed by atoms with Gasteiger partial charge in [-0.25, -0.2) is 9.67 Å². The number of rotatable bonds is 5. The number of aromatic nitrogens is 3. The number of nitrogens with one attached hydrogen (secondary N) is 1. The van der Waals surface area contributed by atoms with Gasteiger partial charge in [0.25, 0.3) is 0 Å². The molecule has 0 aliphatic heterocycles. The summed E-state index contributed by atoms with van der Waals surface area (Å²) >= 11 is 0. The lowest BCUT2D eigenvalue weighted by atomic mass is 10.1. The maximum Gasteiger partial charge on any atom is 0.228 e. The standard InChI is InChI=1S/C13H17N5O/c1-10(6-14)13(19)17-12-4-2-3-11(5-12)7-18-9-15-8-16-18/h2-5,8-10H,6-7,14H2,1H3,(H,17,19). The van der Waals surface area contributed by atoms with Crippen LogP contribution in [0.15, 0.2) is 36.9 Å². The van der Waals surface area contributed by atoms with Crippen LogP contribution >= 0.6 is 0 Å². The van der Waals surface area contributed by atoms with Gasteiger partial charge in [-0.15, -0.1) is 0 Å². The number of nitrogens with two attached hydrogens (primary N) is 1. The van der Waals surface area contributed by atoms with Crippen molar-refractivity contribution in [2.75, 3.05) is 11.9 Å². The molecule has 0 radical (unpaired) electrons. The molecule has 100 valence electrons. The fourth-order valence-corrected chi connectivity index (χ4v) is 1.62. The van der Waals surface area contributed by atoms with Gasteiger partial charge >= 0.3 is 0 Å². The first-order valence-electron chi connectivity index (χ1n) is 6.11. The molecule has 19 heavy (non-hydrogen) atoms. The van der Waals surface area contributed by atoms with E-state index in [1.165, 1.54) is 6.33 Å². The van der Waals surface area contributed by atoms with Crippen molar-refractivity contribution >= 4 is 11.6 Å². The molecule has 1 aromatic heterocycles. The first kappa shape index (κ1) is 13.2. The zero-order chi connectivity index (χ0) is 13.7. The number of benzene rings is 1. The van der Waals surface area contributed by atoms with E-state index >= 15 is 0 Å². The summed E-state index contributed by atoms with van der Waals surface area (Å²) in [6.45, 7) is 2.76. The molecule has 0 spiro atoms. The summed E-state index contributed by atoms with van der Waals surface area (Å²) in [5, 5.41) is 6.89. The third-order valence-corrected chi connectivity index (χ3v) is 2.81. The second kappa shape index (κ2) is 6.10. The van der Waals surface area contributed by atoms with E-state index in [1.807, 2.05) is 24.3 Å². The average Bonchev–Trinajstić information content (AvgIpc) is 2.91. The predicted molar refractivity (Wildman–Crippen MR) is 72.4 cm³/mol. The average molecular weight is 259 g/mol. The molecule has 3 N–H and O–H groups in total. The number of nitrogens with zero attached hydrogens (tertiary/aromatic N) is 3. The molecule has 1 amide bonds. The Kier molecular flexibility index (Phi) is 4.25. The van der Waals surface area contributed by atoms with E-state index in [0.29, 0.717) is 13.1 Å². The Hall–Kier alpha value is -2.21. The van der Waals surface area contributed by atoms with Crippen molar-refractivity contribution in [1.82, 2.24) is 14.8 Å². The van der Waals surface area contributed by atoms with Crippen LogP contribution in [0.5, 0.6) is 0 Å². The van der Waals surface area contributed by atoms with Crippen LogP contribution in [-0.4, -0.2) is 27.2 Å². The van der Waals surface area contributed by atoms with Crippen molar-refractivity contribution in [2.24, 2.45) is 11.7 Å². The highest BCUT2D eigenvalue weighted by molar-refractivity contribution is 5.92. The van der Waals surface area contributed by atoms with Crippen LogP contribution < -0.4 is 11.1 Å². The number of amides is 1. The molecule has 0 saturated carbocycles. The van der Waals surface area contributed by atoms with Gasteiger partial charge in [0.1, 0.15) is 12.7 Å². The second-order valence-electron chi connectivity index (χ2n) is 4.42. The van der Waals surface area contributed by atoms with E-state index in [9.17, 15) is 4.79 Å². The molecule has 0 aliphatic rings. The van der Waals surface area contributed by atoms with E-state index in [0.717, 1.165) is 11.3 Å². The minimum atomic E-state index is -0.195. The van der Waals surface area contributed by atoms with E-state index in [4.69, 9.17) is 5.73 Å². The van der Waals surface area contributed by atoms with E-state index in [-0.39, 0.29) is 11.8 Å². The number of carbonyl (C=O) groups is 1.